The van der Waals surface area contributed by atoms with E-state index in [1.54, 1.807) is 0 Å². The van der Waals surface area contributed by atoms with Gasteiger partial charge in [0.2, 0.25) is 0 Å². The maximum atomic E-state index is 11.5. The Labute approximate surface area is 148 Å². The summed E-state index contributed by atoms with van der Waals surface area (Å²) in [5.41, 5.74) is 0. The fraction of sp³-hybridized carbons (Fsp3) is 0.800. The molecule has 4 nitrogen and oxygen atoms in total. The Hall–Kier alpha value is -1.32. The van der Waals surface area contributed by atoms with Gasteiger partial charge in [-0.25, -0.2) is 0 Å². The predicted molar refractivity (Wildman–Crippen MR) is 97.8 cm³/mol. The Balaban J connectivity index is 3.35. The zero-order chi connectivity index (χ0) is 17.9. The molecule has 0 fully saturated rings. The van der Waals surface area contributed by atoms with Gasteiger partial charge in [-0.1, -0.05) is 58.1 Å². The molecule has 0 aliphatic rings. The van der Waals surface area contributed by atoms with Crippen LogP contribution in [0.5, 0.6) is 0 Å². The summed E-state index contributed by atoms with van der Waals surface area (Å²) in [5, 5.41) is 0. The zero-order valence-electron chi connectivity index (χ0n) is 15.7. The maximum Gasteiger partial charge on any atom is 0.305 e. The van der Waals surface area contributed by atoms with Gasteiger partial charge < -0.3 is 9.47 Å². The lowest BCUT2D eigenvalue weighted by molar-refractivity contribution is -0.145. The second-order valence-electron chi connectivity index (χ2n) is 6.08. The molecule has 140 valence electrons. The van der Waals surface area contributed by atoms with E-state index in [0.717, 1.165) is 25.7 Å². The molecular formula is C20H36O4. The Morgan fingerprint density at radius 3 is 1.92 bits per heavy atom. The van der Waals surface area contributed by atoms with E-state index in [2.05, 4.69) is 19.9 Å². The van der Waals surface area contributed by atoms with Crippen molar-refractivity contribution in [2.24, 2.45) is 0 Å². The number of ether oxygens (including phenoxy) is 2. The van der Waals surface area contributed by atoms with Crippen molar-refractivity contribution >= 4 is 11.9 Å². The van der Waals surface area contributed by atoms with Crippen LogP contribution in [0.1, 0.15) is 90.9 Å². The highest BCUT2D eigenvalue weighted by Crippen LogP contribution is 2.07. The van der Waals surface area contributed by atoms with Gasteiger partial charge >= 0.3 is 11.9 Å². The molecule has 0 N–H and O–H groups in total. The van der Waals surface area contributed by atoms with E-state index < -0.39 is 0 Å². The SMILES string of the molecule is CC/C=C\CCOC(=O)CCCCC(=O)OCCCCCCCC. The number of unbranched alkanes of at least 4 members (excludes halogenated alkanes) is 6. The summed E-state index contributed by atoms with van der Waals surface area (Å²) in [5.74, 6) is -0.332. The largest absolute Gasteiger partial charge is 0.466 e. The molecule has 0 saturated heterocycles. The average molecular weight is 341 g/mol. The molecule has 0 atom stereocenters. The summed E-state index contributed by atoms with van der Waals surface area (Å²) >= 11 is 0. The van der Waals surface area contributed by atoms with E-state index in [4.69, 9.17) is 9.47 Å². The lowest BCUT2D eigenvalue weighted by Crippen LogP contribution is -2.07. The van der Waals surface area contributed by atoms with Crippen LogP contribution in [0, 0.1) is 0 Å². The van der Waals surface area contributed by atoms with Crippen LogP contribution in [0.15, 0.2) is 12.2 Å². The van der Waals surface area contributed by atoms with Crippen LogP contribution in [0.3, 0.4) is 0 Å². The van der Waals surface area contributed by atoms with Crippen molar-refractivity contribution in [2.75, 3.05) is 13.2 Å². The third-order valence-corrected chi connectivity index (χ3v) is 3.72. The molecule has 0 heterocycles. The van der Waals surface area contributed by atoms with E-state index in [-0.39, 0.29) is 11.9 Å². The van der Waals surface area contributed by atoms with Crippen molar-refractivity contribution in [3.8, 4) is 0 Å². The normalized spacial score (nSPS) is 10.9. The van der Waals surface area contributed by atoms with Crippen LogP contribution >= 0.6 is 0 Å². The fourth-order valence-electron chi connectivity index (χ4n) is 2.28. The predicted octanol–water partition coefficient (Wildman–Crippen LogP) is 5.35. The van der Waals surface area contributed by atoms with Gasteiger partial charge in [-0.3, -0.25) is 9.59 Å². The molecule has 24 heavy (non-hydrogen) atoms. The van der Waals surface area contributed by atoms with Gasteiger partial charge in [-0.05, 0) is 32.1 Å². The van der Waals surface area contributed by atoms with Crippen LogP contribution in [0.25, 0.3) is 0 Å². The Kier molecular flexibility index (Phi) is 17.0. The molecular weight excluding hydrogens is 304 g/mol. The van der Waals surface area contributed by atoms with Crippen molar-refractivity contribution in [3.05, 3.63) is 12.2 Å². The highest BCUT2D eigenvalue weighted by molar-refractivity contribution is 5.70. The third kappa shape index (κ3) is 17.0. The standard InChI is InChI=1S/C20H36O4/c1-3-5-7-9-10-14-18-24-20(22)16-12-11-15-19(21)23-17-13-8-6-4-2/h6,8H,3-5,7,9-18H2,1-2H3/b8-6-. The van der Waals surface area contributed by atoms with E-state index in [0.29, 0.717) is 38.9 Å². The highest BCUT2D eigenvalue weighted by atomic mass is 16.5. The third-order valence-electron chi connectivity index (χ3n) is 3.72. The molecule has 0 saturated carbocycles. The van der Waals surface area contributed by atoms with Crippen molar-refractivity contribution in [3.63, 3.8) is 0 Å². The molecule has 0 spiro atoms. The summed E-state index contributed by atoms with van der Waals surface area (Å²) in [6.45, 7) is 5.24. The second-order valence-corrected chi connectivity index (χ2v) is 6.08. The Morgan fingerprint density at radius 1 is 0.708 bits per heavy atom. The van der Waals surface area contributed by atoms with Crippen molar-refractivity contribution in [1.82, 2.24) is 0 Å². The molecule has 0 aromatic heterocycles. The monoisotopic (exact) mass is 340 g/mol. The van der Waals surface area contributed by atoms with E-state index >= 15 is 0 Å². The molecule has 0 aromatic carbocycles. The summed E-state index contributed by atoms with van der Waals surface area (Å²) in [7, 11) is 0. The molecule has 0 amide bonds. The van der Waals surface area contributed by atoms with Gasteiger partial charge in [0, 0.05) is 12.8 Å². The molecule has 0 unspecified atom stereocenters. The molecule has 0 aliphatic heterocycles. The summed E-state index contributed by atoms with van der Waals surface area (Å²) in [4.78, 5) is 23.0. The van der Waals surface area contributed by atoms with Gasteiger partial charge in [0.15, 0.2) is 0 Å². The first-order valence-electron chi connectivity index (χ1n) is 9.66. The van der Waals surface area contributed by atoms with Gasteiger partial charge in [0.25, 0.3) is 0 Å². The van der Waals surface area contributed by atoms with E-state index in [1.807, 2.05) is 6.08 Å². The van der Waals surface area contributed by atoms with Gasteiger partial charge in [-0.2, -0.15) is 0 Å². The van der Waals surface area contributed by atoms with Crippen LogP contribution < -0.4 is 0 Å². The first-order valence-corrected chi connectivity index (χ1v) is 9.66. The molecule has 0 rings (SSSR count). The fourth-order valence-corrected chi connectivity index (χ4v) is 2.28. The summed E-state index contributed by atoms with van der Waals surface area (Å²) in [6, 6.07) is 0. The lowest BCUT2D eigenvalue weighted by Gasteiger charge is -2.05. The van der Waals surface area contributed by atoms with Crippen LogP contribution in [0.4, 0.5) is 0 Å². The second kappa shape index (κ2) is 18.0. The minimum atomic E-state index is -0.180. The number of carbonyl (C=O) groups excluding carboxylic acids is 2. The number of allylic oxidation sites excluding steroid dienone is 1. The van der Waals surface area contributed by atoms with Crippen LogP contribution in [0.2, 0.25) is 0 Å². The van der Waals surface area contributed by atoms with Crippen molar-refractivity contribution in [1.29, 1.82) is 0 Å². The molecule has 0 bridgehead atoms. The summed E-state index contributed by atoms with van der Waals surface area (Å²) in [6.07, 6.45) is 15.1. The summed E-state index contributed by atoms with van der Waals surface area (Å²) < 4.78 is 10.3. The minimum Gasteiger partial charge on any atom is -0.466 e. The Bertz CT molecular complexity index is 337. The first-order chi connectivity index (χ1) is 11.7. The lowest BCUT2D eigenvalue weighted by atomic mass is 10.1. The number of hydrogen-bond donors (Lipinski definition) is 0. The topological polar surface area (TPSA) is 52.6 Å². The van der Waals surface area contributed by atoms with Gasteiger partial charge in [-0.15, -0.1) is 0 Å². The molecule has 4 heteroatoms. The zero-order valence-corrected chi connectivity index (χ0v) is 15.7. The quantitative estimate of drug-likeness (QED) is 0.216. The minimum absolute atomic E-state index is 0.151. The Morgan fingerprint density at radius 2 is 1.29 bits per heavy atom. The highest BCUT2D eigenvalue weighted by Gasteiger charge is 2.05. The van der Waals surface area contributed by atoms with Crippen LogP contribution in [-0.4, -0.2) is 25.2 Å². The molecule has 0 aromatic rings. The number of carbonyl (C=O) groups is 2. The van der Waals surface area contributed by atoms with Crippen molar-refractivity contribution < 1.29 is 19.1 Å². The first kappa shape index (κ1) is 22.7. The average Bonchev–Trinajstić information content (AvgIpc) is 2.58. The van der Waals surface area contributed by atoms with Crippen LogP contribution in [-0.2, 0) is 19.1 Å². The van der Waals surface area contributed by atoms with Gasteiger partial charge in [0.1, 0.15) is 0 Å². The van der Waals surface area contributed by atoms with Gasteiger partial charge in [0.05, 0.1) is 13.2 Å². The van der Waals surface area contributed by atoms with E-state index in [1.165, 1.54) is 25.7 Å². The van der Waals surface area contributed by atoms with E-state index in [9.17, 15) is 9.59 Å². The number of rotatable bonds is 16. The smallest absolute Gasteiger partial charge is 0.305 e. The molecule has 0 aliphatic carbocycles. The molecule has 0 radical (unpaired) electrons. The maximum absolute atomic E-state index is 11.5. The number of esters is 2. The van der Waals surface area contributed by atoms with Crippen molar-refractivity contribution in [2.45, 2.75) is 90.9 Å². The number of hydrogen-bond acceptors (Lipinski definition) is 4.